The monoisotopic (exact) mass is 334 g/mol. The Kier molecular flexibility index (Phi) is 5.26. The van der Waals surface area contributed by atoms with Crippen molar-refractivity contribution in [3.05, 3.63) is 78.6 Å². The molecular formula is C20H18N2O3. The molecule has 2 aromatic carbocycles. The van der Waals surface area contributed by atoms with Crippen LogP contribution < -0.4 is 14.8 Å². The van der Waals surface area contributed by atoms with E-state index in [1.54, 1.807) is 42.6 Å². The number of anilines is 1. The van der Waals surface area contributed by atoms with Crippen LogP contribution in [0.3, 0.4) is 0 Å². The Balaban J connectivity index is 1.61. The van der Waals surface area contributed by atoms with Crippen molar-refractivity contribution in [2.24, 2.45) is 0 Å². The van der Waals surface area contributed by atoms with Crippen molar-refractivity contribution in [1.82, 2.24) is 4.98 Å². The predicted molar refractivity (Wildman–Crippen MR) is 96.3 cm³/mol. The van der Waals surface area contributed by atoms with Crippen LogP contribution in [0.5, 0.6) is 17.2 Å². The predicted octanol–water partition coefficient (Wildman–Crippen LogP) is 4.52. The highest BCUT2D eigenvalue weighted by atomic mass is 16.5. The van der Waals surface area contributed by atoms with Crippen molar-refractivity contribution in [2.45, 2.75) is 6.92 Å². The SMILES string of the molecule is CCOc1ccc(Oc2ccc(NC(=O)c3cccnc3)cc2)cc1. The summed E-state index contributed by atoms with van der Waals surface area (Å²) in [5.74, 6) is 2.01. The average molecular weight is 334 g/mol. The van der Waals surface area contributed by atoms with Gasteiger partial charge < -0.3 is 14.8 Å². The third-order valence-corrected chi connectivity index (χ3v) is 3.41. The maximum absolute atomic E-state index is 12.1. The van der Waals surface area contributed by atoms with Crippen molar-refractivity contribution in [1.29, 1.82) is 0 Å². The topological polar surface area (TPSA) is 60.5 Å². The van der Waals surface area contributed by atoms with E-state index >= 15 is 0 Å². The van der Waals surface area contributed by atoms with Crippen LogP contribution in [0.15, 0.2) is 73.1 Å². The van der Waals surface area contributed by atoms with Gasteiger partial charge in [-0.1, -0.05) is 0 Å². The lowest BCUT2D eigenvalue weighted by Crippen LogP contribution is -2.11. The van der Waals surface area contributed by atoms with Gasteiger partial charge in [-0.2, -0.15) is 0 Å². The number of carbonyl (C=O) groups excluding carboxylic acids is 1. The van der Waals surface area contributed by atoms with Crippen LogP contribution in [0.1, 0.15) is 17.3 Å². The number of hydrogen-bond acceptors (Lipinski definition) is 4. The molecule has 0 aliphatic heterocycles. The fourth-order valence-electron chi connectivity index (χ4n) is 2.21. The second kappa shape index (κ2) is 7.97. The molecule has 0 fully saturated rings. The van der Waals surface area contributed by atoms with Crippen molar-refractivity contribution in [2.75, 3.05) is 11.9 Å². The summed E-state index contributed by atoms with van der Waals surface area (Å²) in [5.41, 5.74) is 1.20. The maximum atomic E-state index is 12.1. The van der Waals surface area contributed by atoms with Crippen molar-refractivity contribution in [3.63, 3.8) is 0 Å². The fraction of sp³-hybridized carbons (Fsp3) is 0.100. The van der Waals surface area contributed by atoms with E-state index in [9.17, 15) is 4.79 Å². The molecule has 0 bridgehead atoms. The summed E-state index contributed by atoms with van der Waals surface area (Å²) >= 11 is 0. The summed E-state index contributed by atoms with van der Waals surface area (Å²) in [6, 6.07) is 18.0. The Labute approximate surface area is 146 Å². The molecule has 3 aromatic rings. The molecule has 0 aliphatic carbocycles. The van der Waals surface area contributed by atoms with E-state index in [-0.39, 0.29) is 5.91 Å². The van der Waals surface area contributed by atoms with Crippen molar-refractivity contribution in [3.8, 4) is 17.2 Å². The summed E-state index contributed by atoms with van der Waals surface area (Å²) < 4.78 is 11.2. The van der Waals surface area contributed by atoms with Gasteiger partial charge in [0.05, 0.1) is 12.2 Å². The zero-order valence-electron chi connectivity index (χ0n) is 13.8. The first-order valence-corrected chi connectivity index (χ1v) is 7.97. The van der Waals surface area contributed by atoms with Gasteiger partial charge in [-0.05, 0) is 67.6 Å². The summed E-state index contributed by atoms with van der Waals surface area (Å²) in [6.45, 7) is 2.57. The number of pyridine rings is 1. The van der Waals surface area contributed by atoms with Gasteiger partial charge in [0, 0.05) is 18.1 Å². The second-order valence-electron chi connectivity index (χ2n) is 5.23. The van der Waals surface area contributed by atoms with Crippen LogP contribution in [0.2, 0.25) is 0 Å². The van der Waals surface area contributed by atoms with Gasteiger partial charge in [-0.25, -0.2) is 0 Å². The van der Waals surface area contributed by atoms with Gasteiger partial charge in [0.25, 0.3) is 5.91 Å². The molecule has 0 saturated heterocycles. The number of amides is 1. The summed E-state index contributed by atoms with van der Waals surface area (Å²) in [6.07, 6.45) is 3.16. The molecule has 1 N–H and O–H groups in total. The number of hydrogen-bond donors (Lipinski definition) is 1. The minimum absolute atomic E-state index is 0.201. The van der Waals surface area contributed by atoms with E-state index in [0.717, 1.165) is 11.5 Å². The first-order chi connectivity index (χ1) is 12.2. The van der Waals surface area contributed by atoms with E-state index in [2.05, 4.69) is 10.3 Å². The number of rotatable bonds is 6. The molecule has 5 heteroatoms. The Morgan fingerprint density at radius 1 is 0.960 bits per heavy atom. The first kappa shape index (κ1) is 16.5. The molecular weight excluding hydrogens is 316 g/mol. The van der Waals surface area contributed by atoms with Gasteiger partial charge in [0.1, 0.15) is 17.2 Å². The molecule has 0 aliphatic rings. The van der Waals surface area contributed by atoms with Crippen LogP contribution in [0, 0.1) is 0 Å². The van der Waals surface area contributed by atoms with Gasteiger partial charge in [-0.15, -0.1) is 0 Å². The third-order valence-electron chi connectivity index (χ3n) is 3.41. The molecule has 0 radical (unpaired) electrons. The van der Waals surface area contributed by atoms with E-state index in [0.29, 0.717) is 23.6 Å². The van der Waals surface area contributed by atoms with Crippen LogP contribution in [-0.4, -0.2) is 17.5 Å². The highest BCUT2D eigenvalue weighted by Crippen LogP contribution is 2.25. The summed E-state index contributed by atoms with van der Waals surface area (Å²) in [7, 11) is 0. The molecule has 25 heavy (non-hydrogen) atoms. The van der Waals surface area contributed by atoms with Gasteiger partial charge in [0.2, 0.25) is 0 Å². The highest BCUT2D eigenvalue weighted by Gasteiger charge is 2.06. The summed E-state index contributed by atoms with van der Waals surface area (Å²) in [5, 5.41) is 2.82. The number of aromatic nitrogens is 1. The third kappa shape index (κ3) is 4.57. The van der Waals surface area contributed by atoms with Crippen molar-refractivity contribution < 1.29 is 14.3 Å². The quantitative estimate of drug-likeness (QED) is 0.720. The molecule has 126 valence electrons. The molecule has 3 rings (SSSR count). The number of ether oxygens (including phenoxy) is 2. The normalized spacial score (nSPS) is 10.1. The lowest BCUT2D eigenvalue weighted by Gasteiger charge is -2.09. The van der Waals surface area contributed by atoms with E-state index < -0.39 is 0 Å². The molecule has 5 nitrogen and oxygen atoms in total. The molecule has 0 atom stereocenters. The van der Waals surface area contributed by atoms with E-state index in [1.165, 1.54) is 6.20 Å². The zero-order chi connectivity index (χ0) is 17.5. The molecule has 1 amide bonds. The second-order valence-corrected chi connectivity index (χ2v) is 5.23. The molecule has 0 unspecified atom stereocenters. The Hall–Kier alpha value is -3.34. The minimum Gasteiger partial charge on any atom is -0.494 e. The lowest BCUT2D eigenvalue weighted by atomic mass is 10.2. The van der Waals surface area contributed by atoms with Crippen LogP contribution in [0.25, 0.3) is 0 Å². The Morgan fingerprint density at radius 3 is 2.20 bits per heavy atom. The molecule has 1 aromatic heterocycles. The smallest absolute Gasteiger partial charge is 0.257 e. The van der Waals surface area contributed by atoms with Crippen LogP contribution in [-0.2, 0) is 0 Å². The number of benzene rings is 2. The standard InChI is InChI=1S/C20H18N2O3/c1-2-24-17-9-11-19(12-10-17)25-18-7-5-16(6-8-18)22-20(23)15-4-3-13-21-14-15/h3-14H,2H2,1H3,(H,22,23). The van der Waals surface area contributed by atoms with Gasteiger partial charge >= 0.3 is 0 Å². The van der Waals surface area contributed by atoms with Crippen LogP contribution in [0.4, 0.5) is 5.69 Å². The Bertz CT molecular complexity index is 816. The molecule has 0 spiro atoms. The van der Waals surface area contributed by atoms with E-state index in [4.69, 9.17) is 9.47 Å². The zero-order valence-corrected chi connectivity index (χ0v) is 13.8. The van der Waals surface area contributed by atoms with E-state index in [1.807, 2.05) is 31.2 Å². The average Bonchev–Trinajstić information content (AvgIpc) is 2.66. The first-order valence-electron chi connectivity index (χ1n) is 7.97. The molecule has 1 heterocycles. The van der Waals surface area contributed by atoms with Gasteiger partial charge in [0.15, 0.2) is 0 Å². The maximum Gasteiger partial charge on any atom is 0.257 e. The van der Waals surface area contributed by atoms with Crippen molar-refractivity contribution >= 4 is 11.6 Å². The number of nitrogens with one attached hydrogen (secondary N) is 1. The summed E-state index contributed by atoms with van der Waals surface area (Å²) in [4.78, 5) is 16.0. The minimum atomic E-state index is -0.201. The Morgan fingerprint density at radius 2 is 1.60 bits per heavy atom. The number of nitrogens with zero attached hydrogens (tertiary/aromatic N) is 1. The highest BCUT2D eigenvalue weighted by molar-refractivity contribution is 6.04. The van der Waals surface area contributed by atoms with Crippen LogP contribution >= 0.6 is 0 Å². The fourth-order valence-corrected chi connectivity index (χ4v) is 2.21. The number of carbonyl (C=O) groups is 1. The van der Waals surface area contributed by atoms with Gasteiger partial charge in [-0.3, -0.25) is 9.78 Å². The largest absolute Gasteiger partial charge is 0.494 e. The molecule has 0 saturated carbocycles. The lowest BCUT2D eigenvalue weighted by molar-refractivity contribution is 0.102.